The molecule has 1 aromatic heterocycles. The molecule has 0 aliphatic carbocycles. The summed E-state index contributed by atoms with van der Waals surface area (Å²) in [4.78, 5) is 18.6. The monoisotopic (exact) mass is 277 g/mol. The Morgan fingerprint density at radius 1 is 1.15 bits per heavy atom. The molecular weight excluding hydrogens is 250 g/mol. The van der Waals surface area contributed by atoms with Crippen molar-refractivity contribution in [1.82, 2.24) is 10.3 Å². The van der Waals surface area contributed by atoms with Crippen molar-refractivity contribution in [3.05, 3.63) is 23.9 Å². The number of hydrogen-bond acceptors (Lipinski definition) is 3. The highest BCUT2D eigenvalue weighted by Gasteiger charge is 2.09. The molecular formula is C16H27N3O. The Bertz CT molecular complexity index is 383. The smallest absolute Gasteiger partial charge is 0.252 e. The van der Waals surface area contributed by atoms with E-state index in [4.69, 9.17) is 0 Å². The molecule has 0 bridgehead atoms. The number of anilines is 1. The van der Waals surface area contributed by atoms with E-state index in [-0.39, 0.29) is 5.91 Å². The van der Waals surface area contributed by atoms with Crippen molar-refractivity contribution in [3.8, 4) is 0 Å². The maximum Gasteiger partial charge on any atom is 0.252 e. The average molecular weight is 277 g/mol. The van der Waals surface area contributed by atoms with E-state index in [1.807, 2.05) is 12.1 Å². The molecule has 0 aromatic carbocycles. The van der Waals surface area contributed by atoms with Crippen LogP contribution in [-0.4, -0.2) is 30.5 Å². The summed E-state index contributed by atoms with van der Waals surface area (Å²) < 4.78 is 0. The van der Waals surface area contributed by atoms with Crippen LogP contribution in [0.3, 0.4) is 0 Å². The first-order chi connectivity index (χ1) is 9.72. The van der Waals surface area contributed by atoms with E-state index < -0.39 is 0 Å². The first kappa shape index (κ1) is 16.5. The maximum absolute atomic E-state index is 11.9. The topological polar surface area (TPSA) is 45.2 Å². The van der Waals surface area contributed by atoms with Gasteiger partial charge in [0.2, 0.25) is 0 Å². The van der Waals surface area contributed by atoms with Crippen LogP contribution >= 0.6 is 0 Å². The van der Waals surface area contributed by atoms with Gasteiger partial charge in [0, 0.05) is 25.8 Å². The molecule has 0 spiro atoms. The summed E-state index contributed by atoms with van der Waals surface area (Å²) >= 11 is 0. The molecule has 0 saturated heterocycles. The van der Waals surface area contributed by atoms with Crippen LogP contribution in [0.2, 0.25) is 0 Å². The molecule has 0 unspecified atom stereocenters. The molecule has 1 amide bonds. The summed E-state index contributed by atoms with van der Waals surface area (Å²) in [5.41, 5.74) is 0.637. The zero-order valence-corrected chi connectivity index (χ0v) is 13.0. The summed E-state index contributed by atoms with van der Waals surface area (Å²) in [5, 5.41) is 2.91. The van der Waals surface area contributed by atoms with E-state index >= 15 is 0 Å². The van der Waals surface area contributed by atoms with Gasteiger partial charge >= 0.3 is 0 Å². The third kappa shape index (κ3) is 5.19. The number of nitrogens with zero attached hydrogens (tertiary/aromatic N) is 2. The first-order valence-corrected chi connectivity index (χ1v) is 7.72. The Hall–Kier alpha value is -1.58. The van der Waals surface area contributed by atoms with Crippen LogP contribution in [0.5, 0.6) is 0 Å². The van der Waals surface area contributed by atoms with E-state index in [9.17, 15) is 4.79 Å². The van der Waals surface area contributed by atoms with Gasteiger partial charge in [0.15, 0.2) is 0 Å². The molecule has 0 aliphatic heterocycles. The standard InChI is InChI=1S/C16H27N3O/c1-4-7-10-17-16(20)14-8-9-15(18-13-14)19(11-5-2)12-6-3/h8-9,13H,4-7,10-12H2,1-3H3,(H,17,20). The molecule has 112 valence electrons. The van der Waals surface area contributed by atoms with Crippen LogP contribution in [0.4, 0.5) is 5.82 Å². The molecule has 0 aliphatic rings. The summed E-state index contributed by atoms with van der Waals surface area (Å²) in [7, 11) is 0. The van der Waals surface area contributed by atoms with Gasteiger partial charge in [0.1, 0.15) is 5.82 Å². The summed E-state index contributed by atoms with van der Waals surface area (Å²) in [6.07, 6.45) is 5.97. The zero-order chi connectivity index (χ0) is 14.8. The van der Waals surface area contributed by atoms with Crippen LogP contribution in [0.15, 0.2) is 18.3 Å². The van der Waals surface area contributed by atoms with Crippen molar-refractivity contribution in [2.75, 3.05) is 24.5 Å². The number of amides is 1. The fraction of sp³-hybridized carbons (Fsp3) is 0.625. The van der Waals surface area contributed by atoms with Crippen molar-refractivity contribution in [3.63, 3.8) is 0 Å². The lowest BCUT2D eigenvalue weighted by Crippen LogP contribution is -2.27. The van der Waals surface area contributed by atoms with Crippen LogP contribution in [-0.2, 0) is 0 Å². The minimum atomic E-state index is -0.0324. The Labute approximate surface area is 122 Å². The lowest BCUT2D eigenvalue weighted by atomic mass is 10.2. The zero-order valence-electron chi connectivity index (χ0n) is 13.0. The number of pyridine rings is 1. The molecule has 0 saturated carbocycles. The predicted octanol–water partition coefficient (Wildman–Crippen LogP) is 3.24. The first-order valence-electron chi connectivity index (χ1n) is 7.72. The normalized spacial score (nSPS) is 10.3. The Balaban J connectivity index is 2.64. The Morgan fingerprint density at radius 3 is 2.35 bits per heavy atom. The summed E-state index contributed by atoms with van der Waals surface area (Å²) in [6.45, 7) is 9.18. The van der Waals surface area contributed by atoms with Crippen LogP contribution in [0, 0.1) is 0 Å². The SMILES string of the molecule is CCCCNC(=O)c1ccc(N(CCC)CCC)nc1. The van der Waals surface area contributed by atoms with E-state index in [0.717, 1.165) is 51.1 Å². The van der Waals surface area contributed by atoms with Crippen molar-refractivity contribution < 1.29 is 4.79 Å². The number of hydrogen-bond donors (Lipinski definition) is 1. The molecule has 20 heavy (non-hydrogen) atoms. The number of aromatic nitrogens is 1. The number of nitrogens with one attached hydrogen (secondary N) is 1. The van der Waals surface area contributed by atoms with Crippen LogP contribution in [0.1, 0.15) is 56.8 Å². The molecule has 0 radical (unpaired) electrons. The molecule has 0 fully saturated rings. The molecule has 1 heterocycles. The van der Waals surface area contributed by atoms with Crippen LogP contribution in [0.25, 0.3) is 0 Å². The second kappa shape index (κ2) is 9.34. The van der Waals surface area contributed by atoms with Gasteiger partial charge in [-0.3, -0.25) is 4.79 Å². The largest absolute Gasteiger partial charge is 0.357 e. The van der Waals surface area contributed by atoms with Crippen molar-refractivity contribution in [2.45, 2.75) is 46.5 Å². The Kier molecular flexibility index (Phi) is 7.70. The van der Waals surface area contributed by atoms with Crippen molar-refractivity contribution >= 4 is 11.7 Å². The second-order valence-electron chi connectivity index (χ2n) is 5.00. The lowest BCUT2D eigenvalue weighted by Gasteiger charge is -2.22. The minimum absolute atomic E-state index is 0.0324. The lowest BCUT2D eigenvalue weighted by molar-refractivity contribution is 0.0953. The molecule has 4 nitrogen and oxygen atoms in total. The minimum Gasteiger partial charge on any atom is -0.357 e. The molecule has 1 rings (SSSR count). The second-order valence-corrected chi connectivity index (χ2v) is 5.00. The average Bonchev–Trinajstić information content (AvgIpc) is 2.47. The van der Waals surface area contributed by atoms with Gasteiger partial charge in [-0.2, -0.15) is 0 Å². The van der Waals surface area contributed by atoms with E-state index in [2.05, 4.69) is 36.0 Å². The fourth-order valence-corrected chi connectivity index (χ4v) is 2.07. The van der Waals surface area contributed by atoms with Gasteiger partial charge in [-0.25, -0.2) is 4.98 Å². The number of carbonyl (C=O) groups is 1. The van der Waals surface area contributed by atoms with Crippen LogP contribution < -0.4 is 10.2 Å². The number of carbonyl (C=O) groups excluding carboxylic acids is 1. The maximum atomic E-state index is 11.9. The third-order valence-electron chi connectivity index (χ3n) is 3.14. The quantitative estimate of drug-likeness (QED) is 0.705. The number of unbranched alkanes of at least 4 members (excludes halogenated alkanes) is 1. The van der Waals surface area contributed by atoms with Gasteiger partial charge in [-0.1, -0.05) is 27.2 Å². The molecule has 0 atom stereocenters. The van der Waals surface area contributed by atoms with Crippen molar-refractivity contribution in [1.29, 1.82) is 0 Å². The van der Waals surface area contributed by atoms with Crippen molar-refractivity contribution in [2.24, 2.45) is 0 Å². The molecule has 1 N–H and O–H groups in total. The molecule has 1 aromatic rings. The van der Waals surface area contributed by atoms with E-state index in [0.29, 0.717) is 5.56 Å². The summed E-state index contributed by atoms with van der Waals surface area (Å²) in [5.74, 6) is 0.925. The van der Waals surface area contributed by atoms with Gasteiger partial charge in [0.25, 0.3) is 5.91 Å². The highest BCUT2D eigenvalue weighted by Crippen LogP contribution is 2.12. The van der Waals surface area contributed by atoms with Gasteiger partial charge in [-0.05, 0) is 31.4 Å². The summed E-state index contributed by atoms with van der Waals surface area (Å²) in [6, 6.07) is 3.81. The highest BCUT2D eigenvalue weighted by molar-refractivity contribution is 5.94. The fourth-order valence-electron chi connectivity index (χ4n) is 2.07. The van der Waals surface area contributed by atoms with Gasteiger partial charge in [-0.15, -0.1) is 0 Å². The Morgan fingerprint density at radius 2 is 1.85 bits per heavy atom. The van der Waals surface area contributed by atoms with Gasteiger partial charge in [0.05, 0.1) is 5.56 Å². The highest BCUT2D eigenvalue weighted by atomic mass is 16.1. The molecule has 4 heteroatoms. The number of rotatable bonds is 9. The van der Waals surface area contributed by atoms with E-state index in [1.165, 1.54) is 0 Å². The predicted molar refractivity (Wildman–Crippen MR) is 84.3 cm³/mol. The third-order valence-corrected chi connectivity index (χ3v) is 3.14. The van der Waals surface area contributed by atoms with E-state index in [1.54, 1.807) is 6.20 Å². The van der Waals surface area contributed by atoms with Gasteiger partial charge < -0.3 is 10.2 Å².